The third-order valence-electron chi connectivity index (χ3n) is 1.59. The smallest absolute Gasteiger partial charge is 0.412 e. The van der Waals surface area contributed by atoms with Crippen molar-refractivity contribution >= 4 is 38.4 Å². The summed E-state index contributed by atoms with van der Waals surface area (Å²) in [7, 11) is 0. The quantitative estimate of drug-likeness (QED) is 0.843. The van der Waals surface area contributed by atoms with Crippen LogP contribution < -0.4 is 5.32 Å². The second kappa shape index (κ2) is 4.53. The molecule has 0 aromatic carbocycles. The molecule has 0 radical (unpaired) electrons. The topological polar surface area (TPSA) is 38.3 Å². The molecule has 0 fully saturated rings. The molecule has 0 aliphatic heterocycles. The Morgan fingerprint density at radius 3 is 2.53 bits per heavy atom. The summed E-state index contributed by atoms with van der Waals surface area (Å²) in [5.41, 5.74) is 0.554. The summed E-state index contributed by atoms with van der Waals surface area (Å²) in [5, 5.41) is 5.46. The summed E-state index contributed by atoms with van der Waals surface area (Å²) in [6, 6.07) is 0. The number of carbonyl (C=O) groups excluding carboxylic acids is 1. The van der Waals surface area contributed by atoms with Gasteiger partial charge in [0.2, 0.25) is 0 Å². The second-order valence-electron chi connectivity index (χ2n) is 4.16. The van der Waals surface area contributed by atoms with Gasteiger partial charge in [0, 0.05) is 9.85 Å². The first kappa shape index (κ1) is 12.5. The lowest BCUT2D eigenvalue weighted by Gasteiger charge is -2.19. The molecular weight excluding hydrogens is 278 g/mol. The van der Waals surface area contributed by atoms with Crippen LogP contribution in [-0.2, 0) is 4.74 Å². The molecule has 0 atom stereocenters. The molecule has 0 aliphatic carbocycles. The molecule has 1 aromatic rings. The van der Waals surface area contributed by atoms with Crippen LogP contribution >= 0.6 is 27.3 Å². The van der Waals surface area contributed by atoms with Crippen LogP contribution in [0.15, 0.2) is 9.85 Å². The van der Waals surface area contributed by atoms with Gasteiger partial charge in [-0.3, -0.25) is 5.32 Å². The van der Waals surface area contributed by atoms with Crippen molar-refractivity contribution in [3.8, 4) is 0 Å². The van der Waals surface area contributed by atoms with Crippen LogP contribution in [0.1, 0.15) is 26.3 Å². The van der Waals surface area contributed by atoms with Gasteiger partial charge in [0.05, 0.1) is 0 Å². The maximum Gasteiger partial charge on any atom is 0.412 e. The minimum absolute atomic E-state index is 0.417. The highest BCUT2D eigenvalue weighted by Gasteiger charge is 2.17. The molecule has 0 spiro atoms. The Bertz CT molecular complexity index is 368. The van der Waals surface area contributed by atoms with E-state index in [1.54, 1.807) is 0 Å². The lowest BCUT2D eigenvalue weighted by molar-refractivity contribution is 0.0636. The predicted octanol–water partition coefficient (Wildman–Crippen LogP) is 4.17. The lowest BCUT2D eigenvalue weighted by atomic mass is 10.2. The van der Waals surface area contributed by atoms with Crippen molar-refractivity contribution < 1.29 is 9.53 Å². The zero-order valence-electron chi connectivity index (χ0n) is 9.18. The van der Waals surface area contributed by atoms with Gasteiger partial charge < -0.3 is 4.74 Å². The Morgan fingerprint density at radius 2 is 2.13 bits per heavy atom. The Hall–Kier alpha value is -0.550. The summed E-state index contributed by atoms with van der Waals surface area (Å²) >= 11 is 4.86. The number of amides is 1. The first-order chi connectivity index (χ1) is 6.79. The molecule has 1 heterocycles. The van der Waals surface area contributed by atoms with Gasteiger partial charge in [0.25, 0.3) is 0 Å². The molecule has 1 N–H and O–H groups in total. The Kier molecular flexibility index (Phi) is 3.78. The fourth-order valence-corrected chi connectivity index (χ4v) is 2.35. The van der Waals surface area contributed by atoms with Gasteiger partial charge in [-0.1, -0.05) is 0 Å². The molecule has 15 heavy (non-hydrogen) atoms. The van der Waals surface area contributed by atoms with E-state index < -0.39 is 11.7 Å². The summed E-state index contributed by atoms with van der Waals surface area (Å²) < 4.78 is 6.15. The first-order valence-corrected chi connectivity index (χ1v) is 6.20. The van der Waals surface area contributed by atoms with Crippen molar-refractivity contribution in [1.82, 2.24) is 0 Å². The SMILES string of the molecule is Cc1c(Br)csc1NC(=O)OC(C)(C)C. The number of carbonyl (C=O) groups is 1. The van der Waals surface area contributed by atoms with Crippen molar-refractivity contribution in [3.05, 3.63) is 15.4 Å². The highest BCUT2D eigenvalue weighted by Crippen LogP contribution is 2.31. The first-order valence-electron chi connectivity index (χ1n) is 4.53. The number of rotatable bonds is 1. The zero-order valence-corrected chi connectivity index (χ0v) is 11.6. The third kappa shape index (κ3) is 3.83. The molecule has 1 rings (SSSR count). The standard InChI is InChI=1S/C10H14BrNO2S/c1-6-7(11)5-15-8(6)12-9(13)14-10(2,3)4/h5H,1-4H3,(H,12,13). The van der Waals surface area contributed by atoms with E-state index in [-0.39, 0.29) is 0 Å². The molecule has 5 heteroatoms. The predicted molar refractivity (Wildman–Crippen MR) is 66.6 cm³/mol. The number of anilines is 1. The van der Waals surface area contributed by atoms with E-state index in [9.17, 15) is 4.79 Å². The van der Waals surface area contributed by atoms with Crippen molar-refractivity contribution in [1.29, 1.82) is 0 Å². The average molecular weight is 292 g/mol. The van der Waals surface area contributed by atoms with Gasteiger partial charge in [-0.25, -0.2) is 4.79 Å². The molecule has 0 bridgehead atoms. The van der Waals surface area contributed by atoms with Gasteiger partial charge in [-0.2, -0.15) is 0 Å². The van der Waals surface area contributed by atoms with Gasteiger partial charge in [0.1, 0.15) is 10.6 Å². The monoisotopic (exact) mass is 291 g/mol. The molecule has 0 unspecified atom stereocenters. The number of ether oxygens (including phenoxy) is 1. The number of thiophene rings is 1. The maximum absolute atomic E-state index is 11.4. The molecule has 1 amide bonds. The van der Waals surface area contributed by atoms with Gasteiger partial charge in [-0.05, 0) is 49.2 Å². The summed E-state index contributed by atoms with van der Waals surface area (Å²) in [6.07, 6.45) is -0.417. The van der Waals surface area contributed by atoms with Crippen LogP contribution in [0.2, 0.25) is 0 Å². The largest absolute Gasteiger partial charge is 0.444 e. The van der Waals surface area contributed by atoms with Gasteiger partial charge >= 0.3 is 6.09 Å². The molecule has 0 aliphatic rings. The maximum atomic E-state index is 11.4. The van der Waals surface area contributed by atoms with E-state index in [2.05, 4.69) is 21.2 Å². The van der Waals surface area contributed by atoms with Crippen LogP contribution in [0.3, 0.4) is 0 Å². The molecule has 0 saturated carbocycles. The zero-order chi connectivity index (χ0) is 11.6. The summed E-state index contributed by atoms with van der Waals surface area (Å²) in [6.45, 7) is 7.45. The Morgan fingerprint density at radius 1 is 1.53 bits per heavy atom. The van der Waals surface area contributed by atoms with Crippen molar-refractivity contribution in [2.24, 2.45) is 0 Å². The van der Waals surface area contributed by atoms with E-state index in [1.165, 1.54) is 11.3 Å². The summed E-state index contributed by atoms with van der Waals surface area (Å²) in [5.74, 6) is 0. The van der Waals surface area contributed by atoms with Gasteiger partial charge in [-0.15, -0.1) is 11.3 Å². The normalized spacial score (nSPS) is 11.3. The second-order valence-corrected chi connectivity index (χ2v) is 5.90. The molecular formula is C10H14BrNO2S. The molecule has 0 saturated heterocycles. The molecule has 3 nitrogen and oxygen atoms in total. The van der Waals surface area contributed by atoms with E-state index >= 15 is 0 Å². The highest BCUT2D eigenvalue weighted by atomic mass is 79.9. The van der Waals surface area contributed by atoms with Crippen molar-refractivity contribution in [2.75, 3.05) is 5.32 Å². The van der Waals surface area contributed by atoms with Crippen LogP contribution in [0.4, 0.5) is 9.80 Å². The highest BCUT2D eigenvalue weighted by molar-refractivity contribution is 9.10. The van der Waals surface area contributed by atoms with Crippen LogP contribution in [0.5, 0.6) is 0 Å². The minimum Gasteiger partial charge on any atom is -0.444 e. The molecule has 84 valence electrons. The van der Waals surface area contributed by atoms with E-state index in [0.717, 1.165) is 15.0 Å². The van der Waals surface area contributed by atoms with Crippen molar-refractivity contribution in [3.63, 3.8) is 0 Å². The number of halogens is 1. The number of hydrogen-bond donors (Lipinski definition) is 1. The fraction of sp³-hybridized carbons (Fsp3) is 0.500. The van der Waals surface area contributed by atoms with Crippen molar-refractivity contribution in [2.45, 2.75) is 33.3 Å². The third-order valence-corrected chi connectivity index (χ3v) is 3.72. The van der Waals surface area contributed by atoms with E-state index in [0.29, 0.717) is 0 Å². The summed E-state index contributed by atoms with van der Waals surface area (Å²) in [4.78, 5) is 11.4. The van der Waals surface area contributed by atoms with Gasteiger partial charge in [0.15, 0.2) is 0 Å². The Labute approximate surface area is 102 Å². The minimum atomic E-state index is -0.466. The average Bonchev–Trinajstić information content (AvgIpc) is 2.32. The molecule has 1 aromatic heterocycles. The van der Waals surface area contributed by atoms with E-state index in [1.807, 2.05) is 33.1 Å². The lowest BCUT2D eigenvalue weighted by Crippen LogP contribution is -2.27. The van der Waals surface area contributed by atoms with E-state index in [4.69, 9.17) is 4.74 Å². The number of nitrogens with one attached hydrogen (secondary N) is 1. The van der Waals surface area contributed by atoms with Crippen LogP contribution in [0.25, 0.3) is 0 Å². The van der Waals surface area contributed by atoms with Crippen LogP contribution in [0, 0.1) is 6.92 Å². The number of hydrogen-bond acceptors (Lipinski definition) is 3. The fourth-order valence-electron chi connectivity index (χ4n) is 0.915. The van der Waals surface area contributed by atoms with Crippen LogP contribution in [-0.4, -0.2) is 11.7 Å². The Balaban J connectivity index is 2.63.